The average molecular weight is 888 g/mol. The fourth-order valence-corrected chi connectivity index (χ4v) is 6.36. The monoisotopic (exact) mass is 888 g/mol. The zero-order valence-electron chi connectivity index (χ0n) is 32.6. The van der Waals surface area contributed by atoms with Crippen LogP contribution in [-0.2, 0) is 30.9 Å². The Morgan fingerprint density at radius 2 is 1.33 bits per heavy atom. The number of aromatic nitrogens is 2. The maximum absolute atomic E-state index is 15.3. The zero-order chi connectivity index (χ0) is 38.2. The van der Waals surface area contributed by atoms with Gasteiger partial charge in [0.25, 0.3) is 0 Å². The summed E-state index contributed by atoms with van der Waals surface area (Å²) in [7, 11) is 0. The minimum absolute atomic E-state index is 0. The largest absolute Gasteiger partial charge is 0.500 e. The molecule has 0 saturated heterocycles. The van der Waals surface area contributed by atoms with E-state index in [0.717, 1.165) is 27.9 Å². The molecule has 8 aromatic rings. The van der Waals surface area contributed by atoms with Crippen molar-refractivity contribution < 1.29 is 30.3 Å². The zero-order valence-corrected chi connectivity index (χ0v) is 34.0. The van der Waals surface area contributed by atoms with E-state index in [-0.39, 0.29) is 42.8 Å². The second-order valence-electron chi connectivity index (χ2n) is 15.5. The van der Waals surface area contributed by atoms with Crippen molar-refractivity contribution in [1.82, 2.24) is 9.97 Å². The van der Waals surface area contributed by atoms with E-state index in [1.165, 1.54) is 17.2 Å². The molecule has 0 atom stereocenters. The van der Waals surface area contributed by atoms with Gasteiger partial charge in [-0.1, -0.05) is 125 Å². The maximum atomic E-state index is 15.3. The van der Waals surface area contributed by atoms with Gasteiger partial charge in [-0.05, 0) is 76.5 Å². The molecule has 0 unspecified atom stereocenters. The standard InChI is InChI=1S/C33H25FNO.C16H18N.Ir/c1-33(2,3)24-18-19-35-29(20-24)27-11-7-10-25-26-16-17-28(34)30(32(26)36-31(25)27)23-14-12-22(13-15-23)21-8-5-4-6-9-21;1-12-8-9-15(17-11-12)13-6-5-7-14(10-13)16(2,3)4;/h4-10,12-20H,1-3H3;5,7-11H,1-4H3;/q2*-1;/i10D;;. The number of halogens is 1. The van der Waals surface area contributed by atoms with Crippen molar-refractivity contribution in [3.8, 4) is 44.8 Å². The molecule has 0 amide bonds. The minimum Gasteiger partial charge on any atom is -0.500 e. The molecule has 0 fully saturated rings. The van der Waals surface area contributed by atoms with Gasteiger partial charge in [0.2, 0.25) is 0 Å². The van der Waals surface area contributed by atoms with Crippen LogP contribution in [0.2, 0.25) is 0 Å². The second kappa shape index (κ2) is 15.6. The first kappa shape index (κ1) is 37.1. The van der Waals surface area contributed by atoms with E-state index >= 15 is 4.39 Å². The fraction of sp³-hybridized carbons (Fsp3) is 0.184. The Balaban J connectivity index is 0.000000241. The molecule has 3 heterocycles. The van der Waals surface area contributed by atoms with Gasteiger partial charge in [0.15, 0.2) is 0 Å². The molecule has 0 aliphatic rings. The van der Waals surface area contributed by atoms with Crippen LogP contribution in [0.3, 0.4) is 0 Å². The molecular weight excluding hydrogens is 844 g/mol. The Labute approximate surface area is 333 Å². The molecule has 54 heavy (non-hydrogen) atoms. The Bertz CT molecular complexity index is 2580. The molecule has 3 nitrogen and oxygen atoms in total. The second-order valence-corrected chi connectivity index (χ2v) is 15.5. The van der Waals surface area contributed by atoms with Crippen LogP contribution in [0.4, 0.5) is 4.39 Å². The molecule has 0 saturated carbocycles. The molecule has 0 N–H and O–H groups in total. The van der Waals surface area contributed by atoms with Crippen LogP contribution in [0.25, 0.3) is 66.7 Å². The summed E-state index contributed by atoms with van der Waals surface area (Å²) in [6, 6.07) is 43.8. The van der Waals surface area contributed by atoms with E-state index in [1.807, 2.05) is 92.0 Å². The van der Waals surface area contributed by atoms with Crippen LogP contribution in [0.5, 0.6) is 0 Å². The molecule has 5 aromatic carbocycles. The molecule has 0 aliphatic heterocycles. The van der Waals surface area contributed by atoms with Crippen molar-refractivity contribution in [3.63, 3.8) is 0 Å². The van der Waals surface area contributed by atoms with E-state index in [4.69, 9.17) is 5.79 Å². The quantitative estimate of drug-likeness (QED) is 0.165. The van der Waals surface area contributed by atoms with Crippen LogP contribution in [0.15, 0.2) is 138 Å². The number of furan rings is 1. The summed E-state index contributed by atoms with van der Waals surface area (Å²) in [6.45, 7) is 15.1. The first-order valence-corrected chi connectivity index (χ1v) is 17.9. The summed E-state index contributed by atoms with van der Waals surface area (Å²) < 4.78 is 30.3. The number of fused-ring (bicyclic) bond motifs is 3. The number of aryl methyl sites for hydroxylation is 1. The number of benzene rings is 5. The van der Waals surface area contributed by atoms with Crippen molar-refractivity contribution >= 4 is 21.9 Å². The average Bonchev–Trinajstić information content (AvgIpc) is 3.56. The number of hydrogen-bond acceptors (Lipinski definition) is 3. The minimum atomic E-state index is -0.371. The molecule has 273 valence electrons. The SMILES string of the molecule is Cc1ccc(-c2[c-]ccc(C(C)(C)C)c2)nc1.[2H]c1c[c-]c(-c2cc(C(C)(C)C)ccn2)c2oc3c(-c4ccc(-c5ccccc5)cc4)c(F)ccc3c12.[Ir]. The fourth-order valence-electron chi connectivity index (χ4n) is 6.36. The van der Waals surface area contributed by atoms with Crippen molar-refractivity contribution in [2.45, 2.75) is 59.3 Å². The van der Waals surface area contributed by atoms with E-state index in [9.17, 15) is 0 Å². The van der Waals surface area contributed by atoms with E-state index in [0.29, 0.717) is 44.3 Å². The van der Waals surface area contributed by atoms with Gasteiger partial charge in [0, 0.05) is 37.9 Å². The van der Waals surface area contributed by atoms with Crippen molar-refractivity contribution in [2.24, 2.45) is 0 Å². The summed E-state index contributed by atoms with van der Waals surface area (Å²) in [5, 5.41) is 1.33. The van der Waals surface area contributed by atoms with E-state index < -0.39 is 0 Å². The number of pyridine rings is 2. The summed E-state index contributed by atoms with van der Waals surface area (Å²) >= 11 is 0. The first-order valence-electron chi connectivity index (χ1n) is 18.4. The Morgan fingerprint density at radius 3 is 2.02 bits per heavy atom. The van der Waals surface area contributed by atoms with Crippen molar-refractivity contribution in [3.05, 3.63) is 168 Å². The predicted molar refractivity (Wildman–Crippen MR) is 217 cm³/mol. The topological polar surface area (TPSA) is 38.9 Å². The summed E-state index contributed by atoms with van der Waals surface area (Å²) in [4.78, 5) is 9.02. The Kier molecular flexibility index (Phi) is 10.7. The molecule has 0 aliphatic carbocycles. The van der Waals surface area contributed by atoms with Crippen LogP contribution in [0, 0.1) is 24.9 Å². The van der Waals surface area contributed by atoms with Crippen molar-refractivity contribution in [1.29, 1.82) is 0 Å². The first-order chi connectivity index (χ1) is 25.8. The molecule has 3 aromatic heterocycles. The molecule has 1 radical (unpaired) electrons. The molecule has 0 spiro atoms. The maximum Gasteiger partial charge on any atom is 0.134 e. The van der Waals surface area contributed by atoms with Gasteiger partial charge in [0.05, 0.1) is 11.1 Å². The van der Waals surface area contributed by atoms with Gasteiger partial charge in [0.1, 0.15) is 11.4 Å². The molecule has 0 bridgehead atoms. The van der Waals surface area contributed by atoms with Gasteiger partial charge >= 0.3 is 0 Å². The van der Waals surface area contributed by atoms with Gasteiger partial charge in [-0.3, -0.25) is 0 Å². The van der Waals surface area contributed by atoms with Crippen LogP contribution in [-0.4, -0.2) is 9.97 Å². The third kappa shape index (κ3) is 8.13. The summed E-state index contributed by atoms with van der Waals surface area (Å²) in [5.41, 5.74) is 11.3. The smallest absolute Gasteiger partial charge is 0.134 e. The van der Waals surface area contributed by atoms with Gasteiger partial charge in [-0.25, -0.2) is 4.39 Å². The third-order valence-electron chi connectivity index (χ3n) is 9.49. The van der Waals surface area contributed by atoms with Gasteiger partial charge < -0.3 is 14.4 Å². The van der Waals surface area contributed by atoms with Gasteiger partial charge in [-0.2, -0.15) is 0 Å². The molecular formula is C49H43FIrN2O-2. The molecule has 5 heteroatoms. The van der Waals surface area contributed by atoms with Crippen LogP contribution < -0.4 is 0 Å². The predicted octanol–water partition coefficient (Wildman–Crippen LogP) is 13.4. The van der Waals surface area contributed by atoms with Crippen LogP contribution in [0.1, 0.15) is 59.6 Å². The Morgan fingerprint density at radius 1 is 0.648 bits per heavy atom. The number of rotatable bonds is 4. The number of hydrogen-bond donors (Lipinski definition) is 0. The number of nitrogens with zero attached hydrogens (tertiary/aromatic N) is 2. The molecule has 8 rings (SSSR count). The van der Waals surface area contributed by atoms with Gasteiger partial charge in [-0.15, -0.1) is 53.6 Å². The Hall–Kier alpha value is -5.22. The van der Waals surface area contributed by atoms with E-state index in [1.54, 1.807) is 18.3 Å². The summed E-state index contributed by atoms with van der Waals surface area (Å²) in [6.07, 6.45) is 3.68. The normalized spacial score (nSPS) is 11.8. The van der Waals surface area contributed by atoms with Crippen LogP contribution >= 0.6 is 0 Å². The third-order valence-corrected chi connectivity index (χ3v) is 9.49. The van der Waals surface area contributed by atoms with E-state index in [2.05, 4.69) is 81.8 Å². The summed E-state index contributed by atoms with van der Waals surface area (Å²) in [5.74, 6) is -0.371. The van der Waals surface area contributed by atoms with Crippen molar-refractivity contribution in [2.75, 3.05) is 0 Å².